The van der Waals surface area contributed by atoms with Crippen LogP contribution in [0.5, 0.6) is 0 Å². The molecule has 0 fully saturated rings. The summed E-state index contributed by atoms with van der Waals surface area (Å²) >= 11 is 1.63. The van der Waals surface area contributed by atoms with Crippen molar-refractivity contribution in [2.24, 2.45) is 0 Å². The number of rotatable bonds is 2. The second-order valence-electron chi connectivity index (χ2n) is 3.19. The SMILES string of the molecule is CSc1cc(C)c(C)cc1C(C)=O. The number of Topliss-reactive ketones (excluding diaryl/α,β-unsaturated/α-hetero) is 1. The van der Waals surface area contributed by atoms with Crippen LogP contribution >= 0.6 is 11.8 Å². The maximum Gasteiger partial charge on any atom is 0.160 e. The Labute approximate surface area is 83.5 Å². The minimum atomic E-state index is 0.146. The Kier molecular flexibility index (Phi) is 3.15. The first-order valence-electron chi connectivity index (χ1n) is 4.22. The minimum Gasteiger partial charge on any atom is -0.294 e. The lowest BCUT2D eigenvalue weighted by Gasteiger charge is -2.07. The lowest BCUT2D eigenvalue weighted by atomic mass is 10.0. The van der Waals surface area contributed by atoms with E-state index in [1.165, 1.54) is 11.1 Å². The Morgan fingerprint density at radius 3 is 2.23 bits per heavy atom. The van der Waals surface area contributed by atoms with E-state index in [1.807, 2.05) is 19.2 Å². The van der Waals surface area contributed by atoms with Crippen molar-refractivity contribution in [1.29, 1.82) is 0 Å². The third kappa shape index (κ3) is 2.13. The molecule has 0 heterocycles. The van der Waals surface area contributed by atoms with Crippen LogP contribution in [0.1, 0.15) is 28.4 Å². The third-order valence-electron chi connectivity index (χ3n) is 2.20. The van der Waals surface area contributed by atoms with Crippen molar-refractivity contribution in [1.82, 2.24) is 0 Å². The molecule has 1 rings (SSSR count). The molecule has 0 unspecified atom stereocenters. The second-order valence-corrected chi connectivity index (χ2v) is 4.04. The summed E-state index contributed by atoms with van der Waals surface area (Å²) in [6.45, 7) is 5.72. The molecule has 0 aromatic heterocycles. The number of benzene rings is 1. The van der Waals surface area contributed by atoms with Crippen molar-refractivity contribution in [3.05, 3.63) is 28.8 Å². The van der Waals surface area contributed by atoms with E-state index in [9.17, 15) is 4.79 Å². The van der Waals surface area contributed by atoms with Crippen molar-refractivity contribution in [2.45, 2.75) is 25.7 Å². The molecular formula is C11H14OS. The number of thioether (sulfide) groups is 1. The smallest absolute Gasteiger partial charge is 0.160 e. The van der Waals surface area contributed by atoms with Gasteiger partial charge in [0.25, 0.3) is 0 Å². The van der Waals surface area contributed by atoms with Crippen LogP contribution in [-0.4, -0.2) is 12.0 Å². The molecule has 0 atom stereocenters. The maximum absolute atomic E-state index is 11.3. The highest BCUT2D eigenvalue weighted by atomic mass is 32.2. The molecule has 0 aliphatic carbocycles. The summed E-state index contributed by atoms with van der Waals surface area (Å²) in [5, 5.41) is 0. The van der Waals surface area contributed by atoms with Crippen LogP contribution in [0.15, 0.2) is 17.0 Å². The molecule has 0 bridgehead atoms. The first-order valence-corrected chi connectivity index (χ1v) is 5.45. The summed E-state index contributed by atoms with van der Waals surface area (Å²) in [5.41, 5.74) is 3.27. The van der Waals surface area contributed by atoms with Crippen LogP contribution in [0.2, 0.25) is 0 Å². The molecule has 0 aliphatic heterocycles. The Hall–Kier alpha value is -0.760. The van der Waals surface area contributed by atoms with Crippen LogP contribution in [0.4, 0.5) is 0 Å². The van der Waals surface area contributed by atoms with Gasteiger partial charge >= 0.3 is 0 Å². The fourth-order valence-electron chi connectivity index (χ4n) is 1.23. The lowest BCUT2D eigenvalue weighted by molar-refractivity contribution is 0.101. The zero-order valence-corrected chi connectivity index (χ0v) is 9.29. The Morgan fingerprint density at radius 2 is 1.77 bits per heavy atom. The van der Waals surface area contributed by atoms with Gasteiger partial charge in [0.15, 0.2) is 5.78 Å². The summed E-state index contributed by atoms with van der Waals surface area (Å²) in [6.07, 6.45) is 2.00. The van der Waals surface area contributed by atoms with Gasteiger partial charge in [-0.3, -0.25) is 4.79 Å². The highest BCUT2D eigenvalue weighted by molar-refractivity contribution is 7.98. The van der Waals surface area contributed by atoms with Gasteiger partial charge < -0.3 is 0 Å². The van der Waals surface area contributed by atoms with Crippen LogP contribution in [0.3, 0.4) is 0 Å². The molecule has 70 valence electrons. The lowest BCUT2D eigenvalue weighted by Crippen LogP contribution is -1.97. The second kappa shape index (κ2) is 3.97. The molecule has 13 heavy (non-hydrogen) atoms. The predicted molar refractivity (Wildman–Crippen MR) is 57.7 cm³/mol. The summed E-state index contributed by atoms with van der Waals surface area (Å²) in [4.78, 5) is 12.4. The average molecular weight is 194 g/mol. The van der Waals surface area contributed by atoms with Gasteiger partial charge in [-0.15, -0.1) is 11.8 Å². The standard InChI is InChI=1S/C11H14OS/c1-7-5-10(9(3)12)11(13-4)6-8(7)2/h5-6H,1-4H3. The molecule has 0 saturated carbocycles. The quantitative estimate of drug-likeness (QED) is 0.531. The maximum atomic E-state index is 11.3. The summed E-state index contributed by atoms with van der Waals surface area (Å²) < 4.78 is 0. The number of ketones is 1. The topological polar surface area (TPSA) is 17.1 Å². The van der Waals surface area contributed by atoms with E-state index >= 15 is 0 Å². The van der Waals surface area contributed by atoms with Gasteiger partial charge in [0.2, 0.25) is 0 Å². The zero-order chi connectivity index (χ0) is 10.0. The predicted octanol–water partition coefficient (Wildman–Crippen LogP) is 3.23. The van der Waals surface area contributed by atoms with E-state index in [0.29, 0.717) is 0 Å². The van der Waals surface area contributed by atoms with Crippen LogP contribution in [0, 0.1) is 13.8 Å². The number of carbonyl (C=O) groups is 1. The fourth-order valence-corrected chi connectivity index (χ4v) is 1.95. The molecule has 1 aromatic carbocycles. The average Bonchev–Trinajstić information content (AvgIpc) is 2.08. The van der Waals surface area contributed by atoms with E-state index in [1.54, 1.807) is 18.7 Å². The van der Waals surface area contributed by atoms with E-state index < -0.39 is 0 Å². The highest BCUT2D eigenvalue weighted by Gasteiger charge is 2.07. The molecule has 1 aromatic rings. The Bertz CT molecular complexity index is 342. The van der Waals surface area contributed by atoms with Crippen molar-refractivity contribution < 1.29 is 4.79 Å². The molecule has 0 spiro atoms. The van der Waals surface area contributed by atoms with Crippen molar-refractivity contribution >= 4 is 17.5 Å². The third-order valence-corrected chi connectivity index (χ3v) is 2.97. The van der Waals surface area contributed by atoms with Crippen LogP contribution in [-0.2, 0) is 0 Å². The van der Waals surface area contributed by atoms with Gasteiger partial charge in [-0.05, 0) is 50.3 Å². The van der Waals surface area contributed by atoms with Crippen LogP contribution < -0.4 is 0 Å². The van der Waals surface area contributed by atoms with Gasteiger partial charge in [0, 0.05) is 10.5 Å². The minimum absolute atomic E-state index is 0.146. The number of hydrogen-bond donors (Lipinski definition) is 0. The molecule has 0 saturated heterocycles. The fraction of sp³-hybridized carbons (Fsp3) is 0.364. The zero-order valence-electron chi connectivity index (χ0n) is 8.47. The van der Waals surface area contributed by atoms with E-state index in [0.717, 1.165) is 10.5 Å². The van der Waals surface area contributed by atoms with Gasteiger partial charge in [0.05, 0.1) is 0 Å². The largest absolute Gasteiger partial charge is 0.294 e. The van der Waals surface area contributed by atoms with Gasteiger partial charge in [-0.25, -0.2) is 0 Å². The number of carbonyl (C=O) groups excluding carboxylic acids is 1. The van der Waals surface area contributed by atoms with Crippen LogP contribution in [0.25, 0.3) is 0 Å². The normalized spacial score (nSPS) is 10.2. The van der Waals surface area contributed by atoms with E-state index in [-0.39, 0.29) is 5.78 Å². The summed E-state index contributed by atoms with van der Waals surface area (Å²) in [5.74, 6) is 0.146. The Morgan fingerprint density at radius 1 is 1.23 bits per heavy atom. The summed E-state index contributed by atoms with van der Waals surface area (Å²) in [6, 6.07) is 4.06. The number of aryl methyl sites for hydroxylation is 2. The molecule has 2 heteroatoms. The van der Waals surface area contributed by atoms with Gasteiger partial charge in [-0.2, -0.15) is 0 Å². The number of hydrogen-bond acceptors (Lipinski definition) is 2. The Balaban J connectivity index is 3.33. The molecule has 0 aliphatic rings. The van der Waals surface area contributed by atoms with Crippen molar-refractivity contribution in [3.63, 3.8) is 0 Å². The highest BCUT2D eigenvalue weighted by Crippen LogP contribution is 2.24. The molecule has 0 radical (unpaired) electrons. The summed E-state index contributed by atoms with van der Waals surface area (Å²) in [7, 11) is 0. The first-order chi connectivity index (χ1) is 6.06. The molecule has 0 amide bonds. The van der Waals surface area contributed by atoms with E-state index in [2.05, 4.69) is 13.0 Å². The van der Waals surface area contributed by atoms with E-state index in [4.69, 9.17) is 0 Å². The monoisotopic (exact) mass is 194 g/mol. The molecule has 1 nitrogen and oxygen atoms in total. The first kappa shape index (κ1) is 10.3. The molecule has 0 N–H and O–H groups in total. The van der Waals surface area contributed by atoms with Gasteiger partial charge in [-0.1, -0.05) is 0 Å². The molecular weight excluding hydrogens is 180 g/mol. The van der Waals surface area contributed by atoms with Gasteiger partial charge in [0.1, 0.15) is 0 Å². The van der Waals surface area contributed by atoms with Crippen molar-refractivity contribution in [3.8, 4) is 0 Å². The van der Waals surface area contributed by atoms with Crippen molar-refractivity contribution in [2.75, 3.05) is 6.26 Å².